The standard InChI is InChI=1S/C10H13NO2/c12-8-11-7-1-2-9-3-5-10(13)6-4-9/h3-6,8,13H,1-2,7H2,(H,11,12). The number of aryl methyl sites for hydroxylation is 1. The molecule has 0 radical (unpaired) electrons. The number of carbonyl (C=O) groups excluding carboxylic acids is 1. The first-order chi connectivity index (χ1) is 6.33. The Morgan fingerprint density at radius 3 is 2.62 bits per heavy atom. The summed E-state index contributed by atoms with van der Waals surface area (Å²) in [6.07, 6.45) is 2.54. The minimum absolute atomic E-state index is 0.287. The first kappa shape index (κ1) is 9.58. The highest BCUT2D eigenvalue weighted by Crippen LogP contribution is 2.10. The van der Waals surface area contributed by atoms with Crippen LogP contribution in [-0.2, 0) is 11.2 Å². The number of carbonyl (C=O) groups is 1. The summed E-state index contributed by atoms with van der Waals surface area (Å²) < 4.78 is 0. The Bertz CT molecular complexity index is 256. The molecule has 0 saturated heterocycles. The molecule has 2 N–H and O–H groups in total. The number of hydrogen-bond acceptors (Lipinski definition) is 2. The summed E-state index contributed by atoms with van der Waals surface area (Å²) in [5.41, 5.74) is 1.17. The predicted molar refractivity (Wildman–Crippen MR) is 50.5 cm³/mol. The van der Waals surface area contributed by atoms with E-state index in [4.69, 9.17) is 5.11 Å². The lowest BCUT2D eigenvalue weighted by Gasteiger charge is -2.00. The van der Waals surface area contributed by atoms with Gasteiger partial charge in [-0.2, -0.15) is 0 Å². The van der Waals surface area contributed by atoms with Gasteiger partial charge in [0.15, 0.2) is 0 Å². The van der Waals surface area contributed by atoms with Gasteiger partial charge in [0.1, 0.15) is 5.75 Å². The number of rotatable bonds is 5. The van der Waals surface area contributed by atoms with E-state index >= 15 is 0 Å². The molecule has 3 heteroatoms. The van der Waals surface area contributed by atoms with Crippen LogP contribution in [0, 0.1) is 0 Å². The Labute approximate surface area is 77.4 Å². The number of hydrogen-bond donors (Lipinski definition) is 2. The number of aromatic hydroxyl groups is 1. The second kappa shape index (κ2) is 5.19. The summed E-state index contributed by atoms with van der Waals surface area (Å²) in [6, 6.07) is 7.11. The van der Waals surface area contributed by atoms with Crippen molar-refractivity contribution in [2.24, 2.45) is 0 Å². The molecule has 0 bridgehead atoms. The van der Waals surface area contributed by atoms with Crippen molar-refractivity contribution in [3.63, 3.8) is 0 Å². The molecule has 0 aromatic heterocycles. The molecule has 0 atom stereocenters. The minimum atomic E-state index is 0.287. The number of phenolic OH excluding ortho intramolecular Hbond substituents is 1. The molecule has 13 heavy (non-hydrogen) atoms. The van der Waals surface area contributed by atoms with Crippen molar-refractivity contribution >= 4 is 6.41 Å². The van der Waals surface area contributed by atoms with E-state index in [1.54, 1.807) is 12.1 Å². The Morgan fingerprint density at radius 2 is 2.00 bits per heavy atom. The highest BCUT2D eigenvalue weighted by molar-refractivity contribution is 5.45. The van der Waals surface area contributed by atoms with Crippen LogP contribution in [0.5, 0.6) is 5.75 Å². The zero-order chi connectivity index (χ0) is 9.52. The Kier molecular flexibility index (Phi) is 3.82. The molecule has 0 aliphatic rings. The highest BCUT2D eigenvalue weighted by atomic mass is 16.3. The molecule has 0 unspecified atom stereocenters. The first-order valence-electron chi connectivity index (χ1n) is 4.28. The van der Waals surface area contributed by atoms with E-state index in [-0.39, 0.29) is 5.75 Å². The molecule has 0 saturated carbocycles. The van der Waals surface area contributed by atoms with E-state index in [0.717, 1.165) is 12.8 Å². The van der Waals surface area contributed by atoms with Gasteiger partial charge in [0, 0.05) is 6.54 Å². The van der Waals surface area contributed by atoms with Gasteiger partial charge in [-0.05, 0) is 30.5 Å². The Hall–Kier alpha value is -1.51. The van der Waals surface area contributed by atoms with Crippen LogP contribution in [0.3, 0.4) is 0 Å². The summed E-state index contributed by atoms with van der Waals surface area (Å²) >= 11 is 0. The SMILES string of the molecule is O=CNCCCc1ccc(O)cc1. The maximum Gasteiger partial charge on any atom is 0.207 e. The molecule has 1 rings (SSSR count). The normalized spacial score (nSPS) is 9.54. The van der Waals surface area contributed by atoms with Crippen LogP contribution in [0.2, 0.25) is 0 Å². The molecule has 0 aliphatic carbocycles. The fraction of sp³-hybridized carbons (Fsp3) is 0.300. The van der Waals surface area contributed by atoms with E-state index in [1.165, 1.54) is 5.56 Å². The quantitative estimate of drug-likeness (QED) is 0.524. The van der Waals surface area contributed by atoms with Gasteiger partial charge in [0.2, 0.25) is 6.41 Å². The van der Waals surface area contributed by atoms with Crippen molar-refractivity contribution < 1.29 is 9.90 Å². The maximum absolute atomic E-state index is 9.92. The Morgan fingerprint density at radius 1 is 1.31 bits per heavy atom. The van der Waals surface area contributed by atoms with Crippen LogP contribution in [0.4, 0.5) is 0 Å². The highest BCUT2D eigenvalue weighted by Gasteiger charge is 1.92. The molecule has 0 heterocycles. The third-order valence-corrected chi connectivity index (χ3v) is 1.81. The second-order valence-electron chi connectivity index (χ2n) is 2.84. The summed E-state index contributed by atoms with van der Waals surface area (Å²) in [5.74, 6) is 0.287. The average Bonchev–Trinajstić information content (AvgIpc) is 2.15. The summed E-state index contributed by atoms with van der Waals surface area (Å²) in [5, 5.41) is 11.6. The van der Waals surface area contributed by atoms with Crippen LogP contribution >= 0.6 is 0 Å². The van der Waals surface area contributed by atoms with Crippen molar-refractivity contribution in [3.05, 3.63) is 29.8 Å². The van der Waals surface area contributed by atoms with Crippen molar-refractivity contribution in [2.75, 3.05) is 6.54 Å². The second-order valence-corrected chi connectivity index (χ2v) is 2.84. The van der Waals surface area contributed by atoms with E-state index in [9.17, 15) is 4.79 Å². The molecule has 1 aromatic rings. The van der Waals surface area contributed by atoms with Crippen molar-refractivity contribution in [1.82, 2.24) is 5.32 Å². The van der Waals surface area contributed by atoms with Gasteiger partial charge in [-0.3, -0.25) is 4.79 Å². The monoisotopic (exact) mass is 179 g/mol. The molecule has 0 fully saturated rings. The first-order valence-corrected chi connectivity index (χ1v) is 4.28. The molecule has 1 amide bonds. The zero-order valence-electron chi connectivity index (χ0n) is 7.36. The third-order valence-electron chi connectivity index (χ3n) is 1.81. The van der Waals surface area contributed by atoms with Gasteiger partial charge >= 0.3 is 0 Å². The number of benzene rings is 1. The van der Waals surface area contributed by atoms with E-state index in [1.807, 2.05) is 12.1 Å². The molecule has 0 aliphatic heterocycles. The van der Waals surface area contributed by atoms with E-state index in [0.29, 0.717) is 13.0 Å². The topological polar surface area (TPSA) is 49.3 Å². The minimum Gasteiger partial charge on any atom is -0.508 e. The van der Waals surface area contributed by atoms with Gasteiger partial charge in [0.05, 0.1) is 0 Å². The lowest BCUT2D eigenvalue weighted by atomic mass is 10.1. The van der Waals surface area contributed by atoms with Gasteiger partial charge < -0.3 is 10.4 Å². The van der Waals surface area contributed by atoms with Crippen LogP contribution < -0.4 is 5.32 Å². The average molecular weight is 179 g/mol. The smallest absolute Gasteiger partial charge is 0.207 e. The number of amides is 1. The molecular weight excluding hydrogens is 166 g/mol. The fourth-order valence-electron chi connectivity index (χ4n) is 1.12. The van der Waals surface area contributed by atoms with Crippen LogP contribution in [0.15, 0.2) is 24.3 Å². The molecule has 0 spiro atoms. The summed E-state index contributed by atoms with van der Waals surface area (Å²) in [6.45, 7) is 0.699. The van der Waals surface area contributed by atoms with E-state index < -0.39 is 0 Å². The van der Waals surface area contributed by atoms with Crippen LogP contribution in [0.1, 0.15) is 12.0 Å². The molecular formula is C10H13NO2. The number of nitrogens with one attached hydrogen (secondary N) is 1. The van der Waals surface area contributed by atoms with E-state index in [2.05, 4.69) is 5.32 Å². The largest absolute Gasteiger partial charge is 0.508 e. The fourth-order valence-corrected chi connectivity index (χ4v) is 1.12. The number of phenols is 1. The van der Waals surface area contributed by atoms with Gasteiger partial charge in [-0.15, -0.1) is 0 Å². The van der Waals surface area contributed by atoms with Crippen molar-refractivity contribution in [3.8, 4) is 5.75 Å². The lowest BCUT2D eigenvalue weighted by Crippen LogP contribution is -2.12. The summed E-state index contributed by atoms with van der Waals surface area (Å²) in [7, 11) is 0. The zero-order valence-corrected chi connectivity index (χ0v) is 7.36. The van der Waals surface area contributed by atoms with Crippen molar-refractivity contribution in [1.29, 1.82) is 0 Å². The Balaban J connectivity index is 2.28. The maximum atomic E-state index is 9.92. The molecule has 1 aromatic carbocycles. The van der Waals surface area contributed by atoms with Crippen molar-refractivity contribution in [2.45, 2.75) is 12.8 Å². The van der Waals surface area contributed by atoms with Gasteiger partial charge in [-0.25, -0.2) is 0 Å². The van der Waals surface area contributed by atoms with Gasteiger partial charge in [0.25, 0.3) is 0 Å². The van der Waals surface area contributed by atoms with Crippen LogP contribution in [0.25, 0.3) is 0 Å². The summed E-state index contributed by atoms with van der Waals surface area (Å²) in [4.78, 5) is 9.92. The molecule has 3 nitrogen and oxygen atoms in total. The predicted octanol–water partition coefficient (Wildman–Crippen LogP) is 1.07. The van der Waals surface area contributed by atoms with Crippen LogP contribution in [-0.4, -0.2) is 18.1 Å². The van der Waals surface area contributed by atoms with Gasteiger partial charge in [-0.1, -0.05) is 12.1 Å². The third kappa shape index (κ3) is 3.60. The molecule has 70 valence electrons. The lowest BCUT2D eigenvalue weighted by molar-refractivity contribution is -0.109.